The van der Waals surface area contributed by atoms with Gasteiger partial charge in [-0.25, -0.2) is 4.79 Å². The van der Waals surface area contributed by atoms with Gasteiger partial charge in [0.15, 0.2) is 5.75 Å². The molecular weight excluding hydrogens is 290 g/mol. The number of hydrogen-bond acceptors (Lipinski definition) is 3. The number of benzene rings is 2. The quantitative estimate of drug-likeness (QED) is 0.674. The molecule has 0 saturated carbocycles. The number of hydrogen-bond donors (Lipinski definition) is 0. The number of rotatable bonds is 3. The first-order valence-electron chi connectivity index (χ1n) is 6.32. The lowest BCUT2D eigenvalue weighted by Crippen LogP contribution is -2.04. The Morgan fingerprint density at radius 3 is 2.38 bits per heavy atom. The standard InChI is InChI=1S/C16H12ClNO3/c1-20-14-12-9-5-6-10-13(12)18(15(14)21-16(17)19)11-7-3-2-4-8-11/h2-10H,1H3. The lowest BCUT2D eigenvalue weighted by molar-refractivity contribution is 0.221. The zero-order valence-corrected chi connectivity index (χ0v) is 12.0. The van der Waals surface area contributed by atoms with E-state index < -0.39 is 5.43 Å². The van der Waals surface area contributed by atoms with Gasteiger partial charge < -0.3 is 9.47 Å². The highest BCUT2D eigenvalue weighted by Crippen LogP contribution is 2.41. The lowest BCUT2D eigenvalue weighted by Gasteiger charge is -2.09. The van der Waals surface area contributed by atoms with E-state index in [0.29, 0.717) is 5.75 Å². The van der Waals surface area contributed by atoms with Crippen LogP contribution in [0.25, 0.3) is 16.6 Å². The second kappa shape index (κ2) is 5.50. The van der Waals surface area contributed by atoms with Gasteiger partial charge in [0.05, 0.1) is 12.6 Å². The molecule has 0 spiro atoms. The van der Waals surface area contributed by atoms with Gasteiger partial charge in [-0.2, -0.15) is 0 Å². The van der Waals surface area contributed by atoms with E-state index in [2.05, 4.69) is 0 Å². The van der Waals surface area contributed by atoms with E-state index in [1.54, 1.807) is 4.57 Å². The number of carbonyl (C=O) groups excluding carboxylic acids is 1. The lowest BCUT2D eigenvalue weighted by atomic mass is 10.2. The minimum Gasteiger partial charge on any atom is -0.491 e. The van der Waals surface area contributed by atoms with Crippen LogP contribution in [0.3, 0.4) is 0 Å². The van der Waals surface area contributed by atoms with Crippen LogP contribution in [-0.4, -0.2) is 17.1 Å². The minimum atomic E-state index is -0.909. The van der Waals surface area contributed by atoms with Crippen molar-refractivity contribution in [3.05, 3.63) is 54.6 Å². The van der Waals surface area contributed by atoms with E-state index in [4.69, 9.17) is 21.1 Å². The Morgan fingerprint density at radius 1 is 1.05 bits per heavy atom. The van der Waals surface area contributed by atoms with Crippen LogP contribution in [0.5, 0.6) is 11.6 Å². The van der Waals surface area contributed by atoms with Crippen LogP contribution in [0.2, 0.25) is 0 Å². The summed E-state index contributed by atoms with van der Waals surface area (Å²) < 4.78 is 12.4. The van der Waals surface area contributed by atoms with Crippen molar-refractivity contribution in [2.24, 2.45) is 0 Å². The number of carbonyl (C=O) groups is 1. The topological polar surface area (TPSA) is 40.5 Å². The largest absolute Gasteiger partial charge is 0.491 e. The summed E-state index contributed by atoms with van der Waals surface area (Å²) in [4.78, 5) is 11.2. The summed E-state index contributed by atoms with van der Waals surface area (Å²) in [5.41, 5.74) is 0.812. The van der Waals surface area contributed by atoms with Crippen LogP contribution in [0.4, 0.5) is 4.79 Å². The molecule has 0 aliphatic heterocycles. The Bertz CT molecular complexity index is 796. The predicted octanol–water partition coefficient (Wildman–Crippen LogP) is 4.38. The number of ether oxygens (including phenoxy) is 2. The van der Waals surface area contributed by atoms with Crippen molar-refractivity contribution in [1.82, 2.24) is 4.57 Å². The average Bonchev–Trinajstić information content (AvgIpc) is 2.80. The first kappa shape index (κ1) is 13.5. The summed E-state index contributed by atoms with van der Waals surface area (Å²) in [7, 11) is 1.53. The summed E-state index contributed by atoms with van der Waals surface area (Å²) in [6.07, 6.45) is 0. The van der Waals surface area contributed by atoms with Crippen LogP contribution >= 0.6 is 11.6 Å². The molecule has 0 radical (unpaired) electrons. The first-order valence-corrected chi connectivity index (χ1v) is 6.70. The van der Waals surface area contributed by atoms with Crippen molar-refractivity contribution in [1.29, 1.82) is 0 Å². The van der Waals surface area contributed by atoms with Crippen LogP contribution in [-0.2, 0) is 0 Å². The number of methoxy groups -OCH3 is 1. The SMILES string of the molecule is COc1c(OC(=O)Cl)n(-c2ccccc2)c2ccccc12. The van der Waals surface area contributed by atoms with Gasteiger partial charge in [0.1, 0.15) is 0 Å². The summed E-state index contributed by atoms with van der Waals surface area (Å²) in [5.74, 6) is 0.744. The Balaban J connectivity index is 2.37. The van der Waals surface area contributed by atoms with Gasteiger partial charge in [0.25, 0.3) is 5.88 Å². The van der Waals surface area contributed by atoms with Crippen LogP contribution in [0.1, 0.15) is 0 Å². The Kier molecular flexibility index (Phi) is 3.54. The fraction of sp³-hybridized carbons (Fsp3) is 0.0625. The van der Waals surface area contributed by atoms with Gasteiger partial charge in [-0.3, -0.25) is 4.57 Å². The third kappa shape index (κ3) is 2.34. The highest BCUT2D eigenvalue weighted by molar-refractivity contribution is 6.61. The molecule has 21 heavy (non-hydrogen) atoms. The van der Waals surface area contributed by atoms with E-state index in [-0.39, 0.29) is 5.88 Å². The molecule has 1 aromatic heterocycles. The summed E-state index contributed by atoms with van der Waals surface area (Å²) in [5, 5.41) is 0.844. The highest BCUT2D eigenvalue weighted by Gasteiger charge is 2.22. The molecule has 0 atom stereocenters. The normalized spacial score (nSPS) is 10.6. The van der Waals surface area contributed by atoms with Crippen molar-refractivity contribution < 1.29 is 14.3 Å². The molecule has 2 aromatic carbocycles. The fourth-order valence-corrected chi connectivity index (χ4v) is 2.46. The van der Waals surface area contributed by atoms with Crippen molar-refractivity contribution in [2.45, 2.75) is 0 Å². The van der Waals surface area contributed by atoms with Gasteiger partial charge >= 0.3 is 5.43 Å². The zero-order chi connectivity index (χ0) is 14.8. The number of nitrogens with zero attached hydrogens (tertiary/aromatic N) is 1. The van der Waals surface area contributed by atoms with Gasteiger partial charge in [-0.15, -0.1) is 0 Å². The number of fused-ring (bicyclic) bond motifs is 1. The monoisotopic (exact) mass is 301 g/mol. The average molecular weight is 302 g/mol. The smallest absolute Gasteiger partial charge is 0.410 e. The Morgan fingerprint density at radius 2 is 1.71 bits per heavy atom. The van der Waals surface area contributed by atoms with Gasteiger partial charge in [-0.05, 0) is 24.3 Å². The van der Waals surface area contributed by atoms with Gasteiger partial charge in [0.2, 0.25) is 0 Å². The molecule has 4 nitrogen and oxygen atoms in total. The molecule has 3 aromatic rings. The molecule has 0 fully saturated rings. The maximum atomic E-state index is 11.2. The van der Waals surface area contributed by atoms with E-state index in [1.165, 1.54) is 7.11 Å². The van der Waals surface area contributed by atoms with Crippen molar-refractivity contribution >= 4 is 27.9 Å². The molecule has 0 amide bonds. The number of aromatic nitrogens is 1. The maximum absolute atomic E-state index is 11.2. The molecule has 0 aliphatic rings. The summed E-state index contributed by atoms with van der Waals surface area (Å²) in [6.45, 7) is 0. The molecule has 0 unspecified atom stereocenters. The second-order valence-electron chi connectivity index (χ2n) is 4.37. The van der Waals surface area contributed by atoms with E-state index in [1.807, 2.05) is 54.6 Å². The Labute approximate surface area is 126 Å². The van der Waals surface area contributed by atoms with Crippen LogP contribution in [0, 0.1) is 0 Å². The first-order chi connectivity index (χ1) is 10.2. The van der Waals surface area contributed by atoms with E-state index >= 15 is 0 Å². The summed E-state index contributed by atoms with van der Waals surface area (Å²) in [6, 6.07) is 17.2. The molecule has 1 heterocycles. The molecular formula is C16H12ClNO3. The fourth-order valence-electron chi connectivity index (χ4n) is 2.39. The number of para-hydroxylation sites is 2. The van der Waals surface area contributed by atoms with Gasteiger partial charge in [-0.1, -0.05) is 30.3 Å². The van der Waals surface area contributed by atoms with Crippen molar-refractivity contribution in [3.63, 3.8) is 0 Å². The van der Waals surface area contributed by atoms with Crippen molar-refractivity contribution in [3.8, 4) is 17.3 Å². The van der Waals surface area contributed by atoms with Crippen LogP contribution in [0.15, 0.2) is 54.6 Å². The molecule has 0 saturated heterocycles. The highest BCUT2D eigenvalue weighted by atomic mass is 35.5. The van der Waals surface area contributed by atoms with Crippen LogP contribution < -0.4 is 9.47 Å². The predicted molar refractivity (Wildman–Crippen MR) is 81.7 cm³/mol. The molecule has 0 bridgehead atoms. The zero-order valence-electron chi connectivity index (χ0n) is 11.2. The number of halogens is 1. The van der Waals surface area contributed by atoms with Crippen molar-refractivity contribution in [2.75, 3.05) is 7.11 Å². The third-order valence-corrected chi connectivity index (χ3v) is 3.26. The molecule has 5 heteroatoms. The Hall–Kier alpha value is -2.46. The van der Waals surface area contributed by atoms with Gasteiger partial charge in [0, 0.05) is 22.7 Å². The molecule has 106 valence electrons. The minimum absolute atomic E-state index is 0.268. The summed E-state index contributed by atoms with van der Waals surface area (Å²) >= 11 is 5.40. The second-order valence-corrected chi connectivity index (χ2v) is 4.67. The molecule has 3 rings (SSSR count). The van der Waals surface area contributed by atoms with E-state index in [0.717, 1.165) is 16.6 Å². The van der Waals surface area contributed by atoms with E-state index in [9.17, 15) is 4.79 Å². The molecule has 0 N–H and O–H groups in total. The maximum Gasteiger partial charge on any atom is 0.410 e. The molecule has 0 aliphatic carbocycles. The third-order valence-electron chi connectivity index (χ3n) is 3.18.